The van der Waals surface area contributed by atoms with Crippen molar-refractivity contribution < 1.29 is 24.2 Å². The minimum atomic E-state index is -9.80. The van der Waals surface area contributed by atoms with E-state index in [4.69, 9.17) is 0 Å². The van der Waals surface area contributed by atoms with Gasteiger partial charge in [0.2, 0.25) is 0 Å². The third-order valence-corrected chi connectivity index (χ3v) is 1.07. The summed E-state index contributed by atoms with van der Waals surface area (Å²) in [5, 5.41) is 0. The molecule has 0 unspecified atom stereocenters. The van der Waals surface area contributed by atoms with Crippen molar-refractivity contribution in [1.82, 2.24) is 4.72 Å². The Bertz CT molecular complexity index is 203. The van der Waals surface area contributed by atoms with Crippen LogP contribution in [0.2, 0.25) is 0 Å². The van der Waals surface area contributed by atoms with Crippen LogP contribution in [0.5, 0.6) is 0 Å². The molecule has 0 heterocycles. The third-order valence-electron chi connectivity index (χ3n) is 0.479. The first kappa shape index (κ1) is 10.2. The predicted molar refractivity (Wildman–Crippen MR) is 31.5 cm³/mol. The monoisotopic (exact) mass is 197 g/mol. The van der Waals surface area contributed by atoms with Crippen LogP contribution in [-0.4, -0.2) is 5.91 Å². The maximum absolute atomic E-state index is 11.3. The summed E-state index contributed by atoms with van der Waals surface area (Å²) in [6.07, 6.45) is 0.109. The SMILES string of the molecule is C=CC(=O)NS(F)(F)(F)(F)F. The van der Waals surface area contributed by atoms with Crippen molar-refractivity contribution in [3.05, 3.63) is 12.7 Å². The van der Waals surface area contributed by atoms with Crippen LogP contribution in [0, 0.1) is 0 Å². The molecule has 0 spiro atoms. The van der Waals surface area contributed by atoms with Crippen molar-refractivity contribution >= 4 is 16.3 Å². The van der Waals surface area contributed by atoms with E-state index in [0.29, 0.717) is 0 Å². The van der Waals surface area contributed by atoms with Gasteiger partial charge in [-0.25, -0.2) is 4.72 Å². The van der Waals surface area contributed by atoms with E-state index in [1.54, 1.807) is 0 Å². The molecular formula is C3H4F5NOS. The van der Waals surface area contributed by atoms with Gasteiger partial charge in [0.25, 0.3) is 5.91 Å². The molecule has 0 bridgehead atoms. The molecule has 11 heavy (non-hydrogen) atoms. The van der Waals surface area contributed by atoms with Gasteiger partial charge in [-0.15, -0.1) is 0 Å². The fourth-order valence-corrected chi connectivity index (χ4v) is 0.695. The minimum absolute atomic E-state index is 0.109. The second-order valence-corrected chi connectivity index (χ2v) is 3.78. The molecule has 0 aliphatic carbocycles. The summed E-state index contributed by atoms with van der Waals surface area (Å²) in [4.78, 5) is 9.84. The highest BCUT2D eigenvalue weighted by Gasteiger charge is 2.64. The lowest BCUT2D eigenvalue weighted by molar-refractivity contribution is -0.115. The van der Waals surface area contributed by atoms with Crippen molar-refractivity contribution in [2.45, 2.75) is 0 Å². The predicted octanol–water partition coefficient (Wildman–Crippen LogP) is 2.50. The van der Waals surface area contributed by atoms with E-state index < -0.39 is 16.3 Å². The first-order valence-electron chi connectivity index (χ1n) is 2.13. The Morgan fingerprint density at radius 3 is 1.73 bits per heavy atom. The van der Waals surface area contributed by atoms with Gasteiger partial charge >= 0.3 is 10.4 Å². The van der Waals surface area contributed by atoms with Gasteiger partial charge in [-0.05, 0) is 6.08 Å². The highest BCUT2D eigenvalue weighted by atomic mass is 32.5. The number of nitrogens with one attached hydrogen (secondary N) is 1. The summed E-state index contributed by atoms with van der Waals surface area (Å²) in [5.41, 5.74) is 0. The highest BCUT2D eigenvalue weighted by molar-refractivity contribution is 8.44. The van der Waals surface area contributed by atoms with Gasteiger partial charge in [-0.1, -0.05) is 26.0 Å². The first-order chi connectivity index (χ1) is 4.43. The lowest BCUT2D eigenvalue weighted by Crippen LogP contribution is -2.32. The van der Waals surface area contributed by atoms with Gasteiger partial charge in [0.05, 0.1) is 0 Å². The zero-order valence-electron chi connectivity index (χ0n) is 4.99. The lowest BCUT2D eigenvalue weighted by Gasteiger charge is -2.39. The van der Waals surface area contributed by atoms with Gasteiger partial charge in [-0.2, -0.15) is 0 Å². The van der Waals surface area contributed by atoms with E-state index in [9.17, 15) is 24.2 Å². The van der Waals surface area contributed by atoms with E-state index in [1.165, 1.54) is 0 Å². The van der Waals surface area contributed by atoms with Crippen LogP contribution in [0.4, 0.5) is 19.4 Å². The van der Waals surface area contributed by atoms with Crippen LogP contribution in [-0.2, 0) is 4.79 Å². The summed E-state index contributed by atoms with van der Waals surface area (Å²) in [6, 6.07) is 0. The summed E-state index contributed by atoms with van der Waals surface area (Å²) < 4.78 is 56.0. The largest absolute Gasteiger partial charge is 0.364 e. The second kappa shape index (κ2) is 1.68. The van der Waals surface area contributed by atoms with E-state index in [0.717, 1.165) is 0 Å². The van der Waals surface area contributed by atoms with Gasteiger partial charge < -0.3 is 0 Å². The van der Waals surface area contributed by atoms with Crippen LogP contribution in [0.15, 0.2) is 12.7 Å². The molecule has 8 heteroatoms. The third kappa shape index (κ3) is 7.10. The average Bonchev–Trinajstić information content (AvgIpc) is 1.57. The van der Waals surface area contributed by atoms with Crippen LogP contribution in [0.1, 0.15) is 0 Å². The van der Waals surface area contributed by atoms with Gasteiger partial charge in [0, 0.05) is 0 Å². The summed E-state index contributed by atoms with van der Waals surface area (Å²) in [6.45, 7) is 2.58. The summed E-state index contributed by atoms with van der Waals surface area (Å²) in [5.74, 6) is -1.97. The van der Waals surface area contributed by atoms with Gasteiger partial charge in [0.15, 0.2) is 0 Å². The van der Waals surface area contributed by atoms with Gasteiger partial charge in [0.1, 0.15) is 0 Å². The molecule has 0 radical (unpaired) electrons. The summed E-state index contributed by atoms with van der Waals surface area (Å²) >= 11 is 0. The number of rotatable bonds is 2. The molecule has 0 aliphatic rings. The minimum Gasteiger partial charge on any atom is -0.269 e. The molecule has 0 aromatic heterocycles. The van der Waals surface area contributed by atoms with Crippen molar-refractivity contribution in [2.75, 3.05) is 0 Å². The summed E-state index contributed by atoms with van der Waals surface area (Å²) in [7, 11) is -9.80. The molecular weight excluding hydrogens is 193 g/mol. The fourth-order valence-electron chi connectivity index (χ4n) is 0.232. The van der Waals surface area contributed by atoms with Crippen LogP contribution in [0.3, 0.4) is 0 Å². The normalized spacial score (nSPS) is 17.9. The maximum Gasteiger partial charge on any atom is 0.364 e. The number of amides is 1. The van der Waals surface area contributed by atoms with Gasteiger partial charge in [-0.3, -0.25) is 4.79 Å². The van der Waals surface area contributed by atoms with E-state index in [-0.39, 0.29) is 10.8 Å². The molecule has 1 amide bonds. The molecule has 68 valence electrons. The Morgan fingerprint density at radius 2 is 1.64 bits per heavy atom. The molecule has 0 saturated heterocycles. The van der Waals surface area contributed by atoms with E-state index in [1.807, 2.05) is 0 Å². The number of carbonyl (C=O) groups is 1. The zero-order chi connectivity index (χ0) is 9.40. The molecule has 0 aromatic carbocycles. The van der Waals surface area contributed by atoms with Crippen molar-refractivity contribution in [1.29, 1.82) is 0 Å². The smallest absolute Gasteiger partial charge is 0.269 e. The molecule has 0 fully saturated rings. The highest BCUT2D eigenvalue weighted by Crippen LogP contribution is 2.94. The molecule has 1 N–H and O–H groups in total. The van der Waals surface area contributed by atoms with Crippen molar-refractivity contribution in [2.24, 2.45) is 0 Å². The average molecular weight is 197 g/mol. The molecule has 0 saturated carbocycles. The molecule has 0 rings (SSSR count). The standard InChI is InChI=1S/C3H4F5NOS/c1-2-3(10)9-11(4,5,6,7)8/h2H,1H2,(H,9,10). The molecule has 0 atom stereocenters. The van der Waals surface area contributed by atoms with E-state index >= 15 is 0 Å². The number of hydrogen-bond acceptors (Lipinski definition) is 1. The second-order valence-electron chi connectivity index (χ2n) is 1.64. The molecule has 0 aromatic rings. The maximum atomic E-state index is 11.3. The quantitative estimate of drug-likeness (QED) is 0.534. The molecule has 2 nitrogen and oxygen atoms in total. The van der Waals surface area contributed by atoms with Crippen LogP contribution < -0.4 is 4.72 Å². The van der Waals surface area contributed by atoms with Crippen LogP contribution >= 0.6 is 10.4 Å². The fraction of sp³-hybridized carbons (Fsp3) is 0. The Morgan fingerprint density at radius 1 is 1.27 bits per heavy atom. The Balaban J connectivity index is 4.64. The van der Waals surface area contributed by atoms with Crippen LogP contribution in [0.25, 0.3) is 0 Å². The zero-order valence-corrected chi connectivity index (χ0v) is 5.81. The number of carbonyl (C=O) groups excluding carboxylic acids is 1. The topological polar surface area (TPSA) is 29.1 Å². The number of halogens is 5. The Labute approximate surface area is 58.9 Å². The Hall–Kier alpha value is -0.790. The lowest BCUT2D eigenvalue weighted by atomic mass is 10.6. The number of hydrogen-bond donors (Lipinski definition) is 1. The van der Waals surface area contributed by atoms with E-state index in [2.05, 4.69) is 6.58 Å². The Kier molecular flexibility index (Phi) is 1.56. The van der Waals surface area contributed by atoms with Crippen molar-refractivity contribution in [3.63, 3.8) is 0 Å². The van der Waals surface area contributed by atoms with Crippen molar-refractivity contribution in [3.8, 4) is 0 Å². The molecule has 0 aliphatic heterocycles. The first-order valence-corrected chi connectivity index (χ1v) is 4.08.